The van der Waals surface area contributed by atoms with E-state index in [1.54, 1.807) is 12.1 Å². The first-order valence-corrected chi connectivity index (χ1v) is 4.51. The first-order chi connectivity index (χ1) is 6.76. The van der Waals surface area contributed by atoms with Crippen LogP contribution < -0.4 is 0 Å². The van der Waals surface area contributed by atoms with Gasteiger partial charge in [-0.1, -0.05) is 6.92 Å². The molecule has 1 N–H and O–H groups in total. The zero-order valence-electron chi connectivity index (χ0n) is 7.80. The maximum atomic E-state index is 13.3. The lowest BCUT2D eigenvalue weighted by molar-refractivity contribution is 0.112. The molecule has 0 saturated carbocycles. The Hall–Kier alpha value is -1.64. The molecule has 72 valence electrons. The second-order valence-corrected chi connectivity index (χ2v) is 3.19. The summed E-state index contributed by atoms with van der Waals surface area (Å²) in [6.45, 7) is 1.89. The molecule has 1 aromatic heterocycles. The summed E-state index contributed by atoms with van der Waals surface area (Å²) in [5.74, 6) is -0.223. The van der Waals surface area contributed by atoms with Gasteiger partial charge < -0.3 is 4.98 Å². The van der Waals surface area contributed by atoms with Crippen LogP contribution in [0.25, 0.3) is 10.9 Å². The Balaban J connectivity index is 2.79. The highest BCUT2D eigenvalue weighted by atomic mass is 19.1. The van der Waals surface area contributed by atoms with E-state index in [9.17, 15) is 9.18 Å². The smallest absolute Gasteiger partial charge is 0.166 e. The van der Waals surface area contributed by atoms with E-state index >= 15 is 0 Å². The number of aromatic amines is 1. The molecule has 0 atom stereocenters. The number of aryl methyl sites for hydroxylation is 1. The number of nitrogens with one attached hydrogen (secondary N) is 1. The molecule has 3 heteroatoms. The van der Waals surface area contributed by atoms with Gasteiger partial charge in [-0.25, -0.2) is 4.39 Å². The Bertz CT molecular complexity index is 487. The Morgan fingerprint density at radius 1 is 1.50 bits per heavy atom. The van der Waals surface area contributed by atoms with Crippen molar-refractivity contribution in [3.63, 3.8) is 0 Å². The maximum absolute atomic E-state index is 13.3. The van der Waals surface area contributed by atoms with Crippen LogP contribution in [0.15, 0.2) is 18.2 Å². The Kier molecular flexibility index (Phi) is 2.08. The number of halogens is 1. The van der Waals surface area contributed by atoms with Crippen molar-refractivity contribution in [1.29, 1.82) is 0 Å². The van der Waals surface area contributed by atoms with Crippen molar-refractivity contribution in [2.24, 2.45) is 0 Å². The number of carbonyl (C=O) groups excluding carboxylic acids is 1. The number of aromatic nitrogens is 1. The molecule has 0 aliphatic carbocycles. The second kappa shape index (κ2) is 3.25. The molecule has 2 rings (SSSR count). The molecule has 0 fully saturated rings. The lowest BCUT2D eigenvalue weighted by Crippen LogP contribution is -1.89. The second-order valence-electron chi connectivity index (χ2n) is 3.19. The molecule has 0 bridgehead atoms. The van der Waals surface area contributed by atoms with Crippen LogP contribution in [0, 0.1) is 5.82 Å². The Morgan fingerprint density at radius 2 is 2.29 bits per heavy atom. The lowest BCUT2D eigenvalue weighted by atomic mass is 10.1. The van der Waals surface area contributed by atoms with Gasteiger partial charge in [-0.2, -0.15) is 0 Å². The van der Waals surface area contributed by atoms with Crippen molar-refractivity contribution in [1.82, 2.24) is 4.98 Å². The van der Waals surface area contributed by atoms with Crippen LogP contribution >= 0.6 is 0 Å². The number of hydrogen-bond donors (Lipinski definition) is 1. The van der Waals surface area contributed by atoms with E-state index in [0.717, 1.165) is 17.2 Å². The monoisotopic (exact) mass is 191 g/mol. The highest BCUT2D eigenvalue weighted by molar-refractivity contribution is 5.89. The van der Waals surface area contributed by atoms with Crippen LogP contribution in [0.1, 0.15) is 23.0 Å². The number of aldehydes is 1. The molecule has 0 radical (unpaired) electrons. The molecule has 14 heavy (non-hydrogen) atoms. The summed E-state index contributed by atoms with van der Waals surface area (Å²) in [6, 6.07) is 4.83. The molecule has 2 aromatic rings. The third-order valence-electron chi connectivity index (χ3n) is 2.35. The van der Waals surface area contributed by atoms with E-state index in [0.29, 0.717) is 17.7 Å². The minimum atomic E-state index is -0.223. The summed E-state index contributed by atoms with van der Waals surface area (Å²) >= 11 is 0. The molecule has 0 aliphatic rings. The first-order valence-electron chi connectivity index (χ1n) is 4.51. The van der Waals surface area contributed by atoms with Gasteiger partial charge in [0.05, 0.1) is 11.2 Å². The minimum absolute atomic E-state index is 0.223. The largest absolute Gasteiger partial charge is 0.352 e. The van der Waals surface area contributed by atoms with Crippen molar-refractivity contribution in [2.75, 3.05) is 0 Å². The van der Waals surface area contributed by atoms with E-state index in [1.807, 2.05) is 6.92 Å². The number of rotatable bonds is 2. The topological polar surface area (TPSA) is 32.9 Å². The van der Waals surface area contributed by atoms with Crippen molar-refractivity contribution in [2.45, 2.75) is 13.3 Å². The van der Waals surface area contributed by atoms with Gasteiger partial charge in [0.15, 0.2) is 6.29 Å². The zero-order valence-corrected chi connectivity index (χ0v) is 7.80. The van der Waals surface area contributed by atoms with Gasteiger partial charge in [0.1, 0.15) is 5.82 Å². The van der Waals surface area contributed by atoms with Crippen LogP contribution in [0.2, 0.25) is 0 Å². The van der Waals surface area contributed by atoms with Crippen molar-refractivity contribution >= 4 is 17.2 Å². The molecule has 0 aliphatic heterocycles. The van der Waals surface area contributed by atoms with Crippen LogP contribution in [0.5, 0.6) is 0 Å². The van der Waals surface area contributed by atoms with E-state index in [2.05, 4.69) is 4.98 Å². The molecule has 2 nitrogen and oxygen atoms in total. The highest BCUT2D eigenvalue weighted by Gasteiger charge is 2.08. The van der Waals surface area contributed by atoms with E-state index in [-0.39, 0.29) is 5.82 Å². The molecule has 1 heterocycles. The van der Waals surface area contributed by atoms with Crippen LogP contribution in [-0.2, 0) is 6.42 Å². The van der Waals surface area contributed by atoms with Crippen molar-refractivity contribution in [3.05, 3.63) is 35.3 Å². The first kappa shape index (κ1) is 8.94. The number of benzene rings is 1. The summed E-state index contributed by atoms with van der Waals surface area (Å²) in [7, 11) is 0. The fourth-order valence-electron chi connectivity index (χ4n) is 1.67. The van der Waals surface area contributed by atoms with Crippen LogP contribution in [0.4, 0.5) is 4.39 Å². The summed E-state index contributed by atoms with van der Waals surface area (Å²) in [5, 5.41) is 0.880. The molecule has 0 spiro atoms. The predicted molar refractivity (Wildman–Crippen MR) is 53.0 cm³/mol. The van der Waals surface area contributed by atoms with Gasteiger partial charge in [-0.05, 0) is 24.6 Å². The lowest BCUT2D eigenvalue weighted by Gasteiger charge is -2.00. The predicted octanol–water partition coefficient (Wildman–Crippen LogP) is 2.68. The number of H-pyrrole nitrogens is 1. The SMILES string of the molecule is CCc1c(F)ccc2cc(C=O)[nH]c12. The van der Waals surface area contributed by atoms with E-state index in [1.165, 1.54) is 6.07 Å². The average Bonchev–Trinajstić information content (AvgIpc) is 2.60. The fraction of sp³-hybridized carbons (Fsp3) is 0.182. The summed E-state index contributed by atoms with van der Waals surface area (Å²) < 4.78 is 13.3. The number of fused-ring (bicyclic) bond motifs is 1. The van der Waals surface area contributed by atoms with Crippen molar-refractivity contribution in [3.8, 4) is 0 Å². The highest BCUT2D eigenvalue weighted by Crippen LogP contribution is 2.22. The van der Waals surface area contributed by atoms with E-state index in [4.69, 9.17) is 0 Å². The number of hydrogen-bond acceptors (Lipinski definition) is 1. The third-order valence-corrected chi connectivity index (χ3v) is 2.35. The van der Waals surface area contributed by atoms with Gasteiger partial charge in [-0.3, -0.25) is 4.79 Å². The normalized spacial score (nSPS) is 10.7. The van der Waals surface area contributed by atoms with E-state index < -0.39 is 0 Å². The van der Waals surface area contributed by atoms with Gasteiger partial charge in [0.2, 0.25) is 0 Å². The fourth-order valence-corrected chi connectivity index (χ4v) is 1.67. The van der Waals surface area contributed by atoms with Crippen molar-refractivity contribution < 1.29 is 9.18 Å². The zero-order chi connectivity index (χ0) is 10.1. The Labute approximate surface area is 80.7 Å². The molecule has 0 saturated heterocycles. The minimum Gasteiger partial charge on any atom is -0.352 e. The quantitative estimate of drug-likeness (QED) is 0.727. The standard InChI is InChI=1S/C11H10FNO/c1-2-9-10(12)4-3-7-5-8(6-14)13-11(7)9/h3-6,13H,2H2,1H3. The summed E-state index contributed by atoms with van der Waals surface area (Å²) in [5.41, 5.74) is 1.85. The van der Waals surface area contributed by atoms with Gasteiger partial charge in [-0.15, -0.1) is 0 Å². The van der Waals surface area contributed by atoms with Crippen LogP contribution in [0.3, 0.4) is 0 Å². The molecular formula is C11H10FNO. The molecule has 0 amide bonds. The molecular weight excluding hydrogens is 181 g/mol. The van der Waals surface area contributed by atoms with Gasteiger partial charge in [0, 0.05) is 10.9 Å². The number of carbonyl (C=O) groups is 1. The van der Waals surface area contributed by atoms with Gasteiger partial charge >= 0.3 is 0 Å². The third kappa shape index (κ3) is 1.21. The van der Waals surface area contributed by atoms with Crippen LogP contribution in [-0.4, -0.2) is 11.3 Å². The maximum Gasteiger partial charge on any atom is 0.166 e. The summed E-state index contributed by atoms with van der Waals surface area (Å²) in [4.78, 5) is 13.4. The molecule has 1 aromatic carbocycles. The summed E-state index contributed by atoms with van der Waals surface area (Å²) in [6.07, 6.45) is 1.35. The average molecular weight is 191 g/mol. The molecule has 0 unspecified atom stereocenters. The Morgan fingerprint density at radius 3 is 2.93 bits per heavy atom. The van der Waals surface area contributed by atoms with Gasteiger partial charge in [0.25, 0.3) is 0 Å².